The molecule has 2 aromatic heterocycles. The van der Waals surface area contributed by atoms with E-state index in [1.807, 2.05) is 12.1 Å². The fraction of sp³-hybridized carbons (Fsp3) is 0.143. The minimum atomic E-state index is 0. The van der Waals surface area contributed by atoms with Crippen molar-refractivity contribution in [1.29, 1.82) is 0 Å². The lowest BCUT2D eigenvalue weighted by molar-refractivity contribution is 1.13. The highest BCUT2D eigenvalue weighted by molar-refractivity contribution is 6.16. The van der Waals surface area contributed by atoms with Gasteiger partial charge >= 0.3 is 0 Å². The number of H-pyrrole nitrogens is 1. The SMILES string of the molecule is Cl.ClCc1nc2ncccc2[nH]1. The Kier molecular flexibility index (Phi) is 2.89. The summed E-state index contributed by atoms with van der Waals surface area (Å²) in [6, 6.07) is 3.78. The van der Waals surface area contributed by atoms with Gasteiger partial charge in [0.1, 0.15) is 5.82 Å². The fourth-order valence-corrected chi connectivity index (χ4v) is 1.08. The molecule has 0 atom stereocenters. The molecular weight excluding hydrogens is 197 g/mol. The maximum atomic E-state index is 5.58. The lowest BCUT2D eigenvalue weighted by Crippen LogP contribution is -1.77. The Morgan fingerprint density at radius 3 is 3.00 bits per heavy atom. The molecule has 0 fully saturated rings. The van der Waals surface area contributed by atoms with E-state index in [0.717, 1.165) is 17.0 Å². The molecule has 0 aliphatic heterocycles. The molecule has 0 bridgehead atoms. The van der Waals surface area contributed by atoms with E-state index in [9.17, 15) is 0 Å². The average molecular weight is 204 g/mol. The van der Waals surface area contributed by atoms with Crippen molar-refractivity contribution < 1.29 is 0 Å². The summed E-state index contributed by atoms with van der Waals surface area (Å²) in [5, 5.41) is 0. The molecule has 0 aliphatic carbocycles. The Labute approximate surface area is 80.6 Å². The Balaban J connectivity index is 0.000000720. The zero-order valence-electron chi connectivity index (χ0n) is 6.12. The second-order valence-corrected chi connectivity index (χ2v) is 2.46. The Hall–Kier alpha value is -0.800. The average Bonchev–Trinajstić information content (AvgIpc) is 2.46. The van der Waals surface area contributed by atoms with Crippen LogP contribution in [0.15, 0.2) is 18.3 Å². The van der Waals surface area contributed by atoms with Gasteiger partial charge in [-0.25, -0.2) is 9.97 Å². The van der Waals surface area contributed by atoms with Crippen LogP contribution < -0.4 is 0 Å². The largest absolute Gasteiger partial charge is 0.340 e. The van der Waals surface area contributed by atoms with E-state index in [1.165, 1.54) is 0 Å². The number of fused-ring (bicyclic) bond motifs is 1. The lowest BCUT2D eigenvalue weighted by Gasteiger charge is -1.81. The van der Waals surface area contributed by atoms with Crippen molar-refractivity contribution in [2.75, 3.05) is 0 Å². The van der Waals surface area contributed by atoms with E-state index in [0.29, 0.717) is 5.88 Å². The van der Waals surface area contributed by atoms with Crippen molar-refractivity contribution in [3.05, 3.63) is 24.2 Å². The Morgan fingerprint density at radius 1 is 1.50 bits per heavy atom. The predicted molar refractivity (Wildman–Crippen MR) is 50.7 cm³/mol. The van der Waals surface area contributed by atoms with Crippen molar-refractivity contribution in [2.24, 2.45) is 0 Å². The standard InChI is InChI=1S/C7H6ClN3.ClH/c8-4-6-10-5-2-1-3-9-7(5)11-6;/h1-3H,4H2,(H,9,10,11);1H. The van der Waals surface area contributed by atoms with E-state index in [-0.39, 0.29) is 12.4 Å². The molecule has 0 aromatic carbocycles. The van der Waals surface area contributed by atoms with Gasteiger partial charge < -0.3 is 4.98 Å². The quantitative estimate of drug-likeness (QED) is 0.722. The van der Waals surface area contributed by atoms with Crippen LogP contribution in [0.1, 0.15) is 5.82 Å². The third-order valence-electron chi connectivity index (χ3n) is 1.43. The van der Waals surface area contributed by atoms with E-state index >= 15 is 0 Å². The number of hydrogen-bond donors (Lipinski definition) is 1. The minimum absolute atomic E-state index is 0. The third kappa shape index (κ3) is 1.52. The number of alkyl halides is 1. The van der Waals surface area contributed by atoms with Gasteiger partial charge in [0, 0.05) is 6.20 Å². The Bertz CT molecular complexity index is 338. The van der Waals surface area contributed by atoms with Crippen molar-refractivity contribution >= 4 is 35.2 Å². The molecule has 0 aliphatic rings. The highest BCUT2D eigenvalue weighted by atomic mass is 35.5. The molecule has 0 spiro atoms. The molecule has 2 aromatic rings. The van der Waals surface area contributed by atoms with E-state index < -0.39 is 0 Å². The van der Waals surface area contributed by atoms with Crippen LogP contribution in [0.5, 0.6) is 0 Å². The second-order valence-electron chi connectivity index (χ2n) is 2.19. The topological polar surface area (TPSA) is 41.6 Å². The number of pyridine rings is 1. The zero-order chi connectivity index (χ0) is 7.68. The summed E-state index contributed by atoms with van der Waals surface area (Å²) in [5.41, 5.74) is 1.66. The van der Waals surface area contributed by atoms with Gasteiger partial charge in [0.2, 0.25) is 0 Å². The number of aromatic nitrogens is 3. The lowest BCUT2D eigenvalue weighted by atomic mass is 10.4. The molecule has 0 radical (unpaired) electrons. The summed E-state index contributed by atoms with van der Waals surface area (Å²) in [6.45, 7) is 0. The number of hydrogen-bond acceptors (Lipinski definition) is 2. The van der Waals surface area contributed by atoms with Gasteiger partial charge in [-0.05, 0) is 12.1 Å². The summed E-state index contributed by atoms with van der Waals surface area (Å²) < 4.78 is 0. The number of nitrogens with zero attached hydrogens (tertiary/aromatic N) is 2. The third-order valence-corrected chi connectivity index (χ3v) is 1.69. The van der Waals surface area contributed by atoms with Gasteiger partial charge in [-0.2, -0.15) is 0 Å². The number of halogens is 2. The molecule has 2 rings (SSSR count). The van der Waals surface area contributed by atoms with Crippen LogP contribution in [0.25, 0.3) is 11.2 Å². The van der Waals surface area contributed by atoms with Crippen LogP contribution >= 0.6 is 24.0 Å². The van der Waals surface area contributed by atoms with E-state index in [1.54, 1.807) is 6.20 Å². The fourth-order valence-electron chi connectivity index (χ4n) is 0.958. The molecule has 0 amide bonds. The van der Waals surface area contributed by atoms with Crippen LogP contribution in [0.2, 0.25) is 0 Å². The summed E-state index contributed by atoms with van der Waals surface area (Å²) in [4.78, 5) is 11.2. The molecule has 3 nitrogen and oxygen atoms in total. The number of imidazole rings is 1. The zero-order valence-corrected chi connectivity index (χ0v) is 7.69. The van der Waals surface area contributed by atoms with Crippen LogP contribution in [-0.4, -0.2) is 15.0 Å². The smallest absolute Gasteiger partial charge is 0.177 e. The molecule has 12 heavy (non-hydrogen) atoms. The molecule has 1 N–H and O–H groups in total. The van der Waals surface area contributed by atoms with Crippen LogP contribution in [0.4, 0.5) is 0 Å². The highest BCUT2D eigenvalue weighted by Gasteiger charge is 1.99. The van der Waals surface area contributed by atoms with Crippen LogP contribution in [0, 0.1) is 0 Å². The number of aromatic amines is 1. The monoisotopic (exact) mass is 203 g/mol. The summed E-state index contributed by atoms with van der Waals surface area (Å²) in [7, 11) is 0. The molecule has 5 heteroatoms. The first kappa shape index (κ1) is 9.29. The van der Waals surface area contributed by atoms with Crippen LogP contribution in [-0.2, 0) is 5.88 Å². The van der Waals surface area contributed by atoms with E-state index in [4.69, 9.17) is 11.6 Å². The van der Waals surface area contributed by atoms with Gasteiger partial charge in [0.25, 0.3) is 0 Å². The molecule has 64 valence electrons. The summed E-state index contributed by atoms with van der Waals surface area (Å²) >= 11 is 5.58. The number of rotatable bonds is 1. The maximum Gasteiger partial charge on any atom is 0.177 e. The predicted octanol–water partition coefficient (Wildman–Crippen LogP) is 2.12. The molecule has 0 unspecified atom stereocenters. The van der Waals surface area contributed by atoms with Crippen LogP contribution in [0.3, 0.4) is 0 Å². The van der Waals surface area contributed by atoms with Gasteiger partial charge in [0.15, 0.2) is 5.65 Å². The Morgan fingerprint density at radius 2 is 2.33 bits per heavy atom. The molecule has 2 heterocycles. The molecule has 0 saturated heterocycles. The molecule has 0 saturated carbocycles. The van der Waals surface area contributed by atoms with Crippen molar-refractivity contribution in [2.45, 2.75) is 5.88 Å². The van der Waals surface area contributed by atoms with Crippen molar-refractivity contribution in [3.63, 3.8) is 0 Å². The number of nitrogens with one attached hydrogen (secondary N) is 1. The van der Waals surface area contributed by atoms with Gasteiger partial charge in [-0.15, -0.1) is 24.0 Å². The van der Waals surface area contributed by atoms with Gasteiger partial charge in [-0.1, -0.05) is 0 Å². The van der Waals surface area contributed by atoms with E-state index in [2.05, 4.69) is 15.0 Å². The minimum Gasteiger partial charge on any atom is -0.340 e. The summed E-state index contributed by atoms with van der Waals surface area (Å²) in [5.74, 6) is 1.16. The van der Waals surface area contributed by atoms with Gasteiger partial charge in [-0.3, -0.25) is 0 Å². The normalized spacial score (nSPS) is 9.75. The first-order chi connectivity index (χ1) is 5.40. The van der Waals surface area contributed by atoms with Gasteiger partial charge in [0.05, 0.1) is 11.4 Å². The first-order valence-electron chi connectivity index (χ1n) is 3.26. The maximum absolute atomic E-state index is 5.58. The van der Waals surface area contributed by atoms with Crippen molar-refractivity contribution in [3.8, 4) is 0 Å². The molecular formula is C7H7Cl2N3. The highest BCUT2D eigenvalue weighted by Crippen LogP contribution is 2.08. The second kappa shape index (κ2) is 3.74. The van der Waals surface area contributed by atoms with Crippen molar-refractivity contribution in [1.82, 2.24) is 15.0 Å². The first-order valence-corrected chi connectivity index (χ1v) is 3.79. The summed E-state index contributed by atoms with van der Waals surface area (Å²) in [6.07, 6.45) is 1.71.